The van der Waals surface area contributed by atoms with Crippen LogP contribution in [0.15, 0.2) is 41.1 Å². The molecular weight excluding hydrogens is 370 g/mol. The maximum absolute atomic E-state index is 12.0. The second-order valence-corrected chi connectivity index (χ2v) is 5.44. The van der Waals surface area contributed by atoms with Crippen LogP contribution in [0.25, 0.3) is 11.5 Å². The molecule has 0 aliphatic carbocycles. The highest BCUT2D eigenvalue weighted by Gasteiger charge is 2.18. The first-order valence-corrected chi connectivity index (χ1v) is 8.04. The number of hydrogen-bond acceptors (Lipinski definition) is 9. The molecule has 0 saturated carbocycles. The highest BCUT2D eigenvalue weighted by molar-refractivity contribution is 5.88. The lowest BCUT2D eigenvalue weighted by molar-refractivity contribution is -0.605. The number of carbonyl (C=O) groups is 1. The maximum atomic E-state index is 12.0. The van der Waals surface area contributed by atoms with Gasteiger partial charge in [-0.05, 0) is 12.1 Å². The first kappa shape index (κ1) is 19.0. The highest BCUT2D eigenvalue weighted by Crippen LogP contribution is 2.40. The second-order valence-electron chi connectivity index (χ2n) is 5.44. The molecule has 146 valence electrons. The molecule has 0 atom stereocenters. The molecule has 0 unspecified atom stereocenters. The Kier molecular flexibility index (Phi) is 5.58. The normalized spacial score (nSPS) is 10.4. The van der Waals surface area contributed by atoms with Crippen LogP contribution in [0.1, 0.15) is 16.2 Å². The van der Waals surface area contributed by atoms with E-state index in [0.29, 0.717) is 27.5 Å². The number of pyridine rings is 1. The van der Waals surface area contributed by atoms with Crippen molar-refractivity contribution < 1.29 is 32.9 Å². The molecule has 3 aromatic rings. The number of rotatable bonds is 7. The van der Waals surface area contributed by atoms with Gasteiger partial charge in [-0.1, -0.05) is 0 Å². The molecule has 3 rings (SSSR count). The van der Waals surface area contributed by atoms with E-state index >= 15 is 0 Å². The zero-order valence-electron chi connectivity index (χ0n) is 15.4. The number of esters is 1. The molecule has 0 bridgehead atoms. The molecule has 2 heterocycles. The summed E-state index contributed by atoms with van der Waals surface area (Å²) in [6, 6.07) is 6.02. The third kappa shape index (κ3) is 3.95. The Morgan fingerprint density at radius 1 is 1.07 bits per heavy atom. The zero-order chi connectivity index (χ0) is 20.1. The van der Waals surface area contributed by atoms with Gasteiger partial charge in [-0.25, -0.2) is 4.79 Å². The molecular formula is C18H17N3O7. The largest absolute Gasteiger partial charge is 0.619 e. The van der Waals surface area contributed by atoms with Crippen LogP contribution in [-0.4, -0.2) is 37.5 Å². The lowest BCUT2D eigenvalue weighted by Crippen LogP contribution is -2.24. The van der Waals surface area contributed by atoms with Gasteiger partial charge in [0.05, 0.1) is 26.9 Å². The minimum absolute atomic E-state index is 0.104. The molecule has 0 amide bonds. The lowest BCUT2D eigenvalue weighted by atomic mass is 10.2. The number of carbonyl (C=O) groups excluding carboxylic acids is 1. The van der Waals surface area contributed by atoms with E-state index in [4.69, 9.17) is 23.4 Å². The van der Waals surface area contributed by atoms with Crippen molar-refractivity contribution in [2.24, 2.45) is 0 Å². The summed E-state index contributed by atoms with van der Waals surface area (Å²) in [5.74, 6) is 0.979. The third-order valence-corrected chi connectivity index (χ3v) is 3.74. The van der Waals surface area contributed by atoms with Gasteiger partial charge in [0.15, 0.2) is 30.5 Å². The third-order valence-electron chi connectivity index (χ3n) is 3.74. The molecule has 28 heavy (non-hydrogen) atoms. The quantitative estimate of drug-likeness (QED) is 0.339. The van der Waals surface area contributed by atoms with Crippen LogP contribution in [0, 0.1) is 5.21 Å². The fraction of sp³-hybridized carbons (Fsp3) is 0.222. The summed E-state index contributed by atoms with van der Waals surface area (Å²) in [5, 5.41) is 18.8. The summed E-state index contributed by atoms with van der Waals surface area (Å²) < 4.78 is 27.1. The maximum Gasteiger partial charge on any atom is 0.339 e. The summed E-state index contributed by atoms with van der Waals surface area (Å²) in [7, 11) is 4.50. The highest BCUT2D eigenvalue weighted by atomic mass is 16.5. The van der Waals surface area contributed by atoms with E-state index in [0.717, 1.165) is 0 Å². The van der Waals surface area contributed by atoms with Crippen molar-refractivity contribution >= 4 is 5.97 Å². The zero-order valence-corrected chi connectivity index (χ0v) is 15.4. The van der Waals surface area contributed by atoms with Gasteiger partial charge in [0.25, 0.3) is 5.89 Å². The molecule has 0 aliphatic rings. The number of ether oxygens (including phenoxy) is 4. The molecule has 0 radical (unpaired) electrons. The molecule has 1 aromatic carbocycles. The number of nitrogens with zero attached hydrogens (tertiary/aromatic N) is 3. The van der Waals surface area contributed by atoms with Crippen molar-refractivity contribution in [1.82, 2.24) is 10.2 Å². The fourth-order valence-corrected chi connectivity index (χ4v) is 2.39. The van der Waals surface area contributed by atoms with E-state index in [1.807, 2.05) is 0 Å². The van der Waals surface area contributed by atoms with E-state index in [9.17, 15) is 10.0 Å². The molecule has 10 heteroatoms. The van der Waals surface area contributed by atoms with Gasteiger partial charge in [-0.3, -0.25) is 0 Å². The number of hydrogen-bond donors (Lipinski definition) is 0. The minimum Gasteiger partial charge on any atom is -0.619 e. The van der Waals surface area contributed by atoms with Crippen LogP contribution < -0.4 is 18.9 Å². The van der Waals surface area contributed by atoms with Crippen LogP contribution >= 0.6 is 0 Å². The standard InChI is InChI=1S/C18H17N3O7/c1-24-13-8-12(9-14(25-2)16(13)26-3)17-20-19-15(28-17)10-27-18(22)11-4-6-21(23)7-5-11/h4-9H,10H2,1-3H3. The molecule has 0 aliphatic heterocycles. The second kappa shape index (κ2) is 8.25. The van der Waals surface area contributed by atoms with Gasteiger partial charge < -0.3 is 28.6 Å². The molecule has 0 saturated heterocycles. The SMILES string of the molecule is COc1cc(-c2nnc(COC(=O)c3cc[n+]([O-])cc3)o2)cc(OC)c1OC. The average molecular weight is 387 g/mol. The Labute approximate surface area is 159 Å². The van der Waals surface area contributed by atoms with Crippen molar-refractivity contribution in [2.75, 3.05) is 21.3 Å². The molecule has 10 nitrogen and oxygen atoms in total. The van der Waals surface area contributed by atoms with Gasteiger partial charge >= 0.3 is 5.97 Å². The smallest absolute Gasteiger partial charge is 0.339 e. The number of aromatic nitrogens is 3. The van der Waals surface area contributed by atoms with Gasteiger partial charge in [0, 0.05) is 17.7 Å². The van der Waals surface area contributed by atoms with E-state index in [1.54, 1.807) is 12.1 Å². The first-order chi connectivity index (χ1) is 13.5. The summed E-state index contributed by atoms with van der Waals surface area (Å²) in [6.45, 7) is -0.220. The van der Waals surface area contributed by atoms with Crippen molar-refractivity contribution in [1.29, 1.82) is 0 Å². The van der Waals surface area contributed by atoms with E-state index in [-0.39, 0.29) is 24.0 Å². The predicted molar refractivity (Wildman–Crippen MR) is 93.9 cm³/mol. The topological polar surface area (TPSA) is 120 Å². The Morgan fingerprint density at radius 2 is 1.71 bits per heavy atom. The van der Waals surface area contributed by atoms with E-state index in [1.165, 1.54) is 45.9 Å². The minimum atomic E-state index is -0.617. The summed E-state index contributed by atoms with van der Waals surface area (Å²) in [5.41, 5.74) is 0.777. The number of methoxy groups -OCH3 is 3. The monoisotopic (exact) mass is 387 g/mol. The Balaban J connectivity index is 1.75. The fourth-order valence-electron chi connectivity index (χ4n) is 2.39. The van der Waals surface area contributed by atoms with Gasteiger partial charge in [0.1, 0.15) is 0 Å². The molecule has 0 spiro atoms. The lowest BCUT2D eigenvalue weighted by Gasteiger charge is -2.12. The van der Waals surface area contributed by atoms with Gasteiger partial charge in [-0.15, -0.1) is 10.2 Å². The summed E-state index contributed by atoms with van der Waals surface area (Å²) >= 11 is 0. The molecule has 2 aromatic heterocycles. The molecule has 0 fully saturated rings. The van der Waals surface area contributed by atoms with Gasteiger partial charge in [0.2, 0.25) is 11.6 Å². The van der Waals surface area contributed by atoms with Crippen LogP contribution in [0.2, 0.25) is 0 Å². The predicted octanol–water partition coefficient (Wildman–Crippen LogP) is 1.75. The van der Waals surface area contributed by atoms with Crippen LogP contribution in [0.4, 0.5) is 0 Å². The molecule has 0 N–H and O–H groups in total. The Bertz CT molecular complexity index is 945. The van der Waals surface area contributed by atoms with E-state index < -0.39 is 5.97 Å². The van der Waals surface area contributed by atoms with E-state index in [2.05, 4.69) is 10.2 Å². The van der Waals surface area contributed by atoms with Crippen LogP contribution in [-0.2, 0) is 11.3 Å². The van der Waals surface area contributed by atoms with Gasteiger partial charge in [-0.2, -0.15) is 4.73 Å². The van der Waals surface area contributed by atoms with Crippen LogP contribution in [0.3, 0.4) is 0 Å². The first-order valence-electron chi connectivity index (χ1n) is 8.04. The van der Waals surface area contributed by atoms with Crippen LogP contribution in [0.5, 0.6) is 17.2 Å². The summed E-state index contributed by atoms with van der Waals surface area (Å²) in [4.78, 5) is 12.0. The number of benzene rings is 1. The Morgan fingerprint density at radius 3 is 2.29 bits per heavy atom. The van der Waals surface area contributed by atoms with Crippen molar-refractivity contribution in [3.63, 3.8) is 0 Å². The van der Waals surface area contributed by atoms with Crippen molar-refractivity contribution in [3.05, 3.63) is 53.3 Å². The average Bonchev–Trinajstić information content (AvgIpc) is 3.20. The van der Waals surface area contributed by atoms with Crippen molar-refractivity contribution in [2.45, 2.75) is 6.61 Å². The Hall–Kier alpha value is -3.82. The summed E-state index contributed by atoms with van der Waals surface area (Å²) in [6.07, 6.45) is 2.40. The van der Waals surface area contributed by atoms with Crippen molar-refractivity contribution in [3.8, 4) is 28.7 Å².